The highest BCUT2D eigenvalue weighted by Gasteiger charge is 2.20. The van der Waals surface area contributed by atoms with E-state index in [1.54, 1.807) is 11.3 Å². The molecule has 0 spiro atoms. The van der Waals surface area contributed by atoms with Crippen LogP contribution in [0.1, 0.15) is 39.5 Å². The molecule has 1 aliphatic rings. The second kappa shape index (κ2) is 7.08. The van der Waals surface area contributed by atoms with E-state index in [9.17, 15) is 0 Å². The molecular weight excluding hydrogens is 330 g/mol. The van der Waals surface area contributed by atoms with Crippen molar-refractivity contribution in [3.05, 3.63) is 29.8 Å². The van der Waals surface area contributed by atoms with Gasteiger partial charge in [0.2, 0.25) is 0 Å². The Labute approximate surface area is 152 Å². The van der Waals surface area contributed by atoms with Crippen molar-refractivity contribution in [1.82, 2.24) is 9.97 Å². The van der Waals surface area contributed by atoms with E-state index in [1.807, 2.05) is 19.2 Å². The number of aromatic amines is 1. The number of hydrogen-bond donors (Lipinski definition) is 2. The number of anilines is 1. The van der Waals surface area contributed by atoms with Gasteiger partial charge in [-0.2, -0.15) is 0 Å². The standard InChI is InChI=1S/C20H25N3OS/c1-3-24-15-7-8-18-16(10-15)17(11-21-18)19-12-25-20(23-19)22-14-6-4-5-13(2)9-14/h7-8,10-14,21H,3-6,9H2,1-2H3,(H,22,23)/t13-,14+/m1/s1. The number of H-pyrrole nitrogens is 1. The molecular formula is C20H25N3OS. The number of thiazole rings is 1. The van der Waals surface area contributed by atoms with Gasteiger partial charge >= 0.3 is 0 Å². The second-order valence-corrected chi connectivity index (χ2v) is 7.85. The first-order chi connectivity index (χ1) is 12.2. The Morgan fingerprint density at radius 2 is 2.28 bits per heavy atom. The van der Waals surface area contributed by atoms with Crippen LogP contribution in [0, 0.1) is 5.92 Å². The van der Waals surface area contributed by atoms with Crippen molar-refractivity contribution in [3.8, 4) is 17.0 Å². The van der Waals surface area contributed by atoms with Gasteiger partial charge in [0.15, 0.2) is 5.13 Å². The predicted molar refractivity (Wildman–Crippen MR) is 106 cm³/mol. The molecule has 0 aliphatic heterocycles. The Morgan fingerprint density at radius 3 is 3.12 bits per heavy atom. The molecule has 132 valence electrons. The zero-order valence-electron chi connectivity index (χ0n) is 14.8. The van der Waals surface area contributed by atoms with Gasteiger partial charge in [-0.1, -0.05) is 19.8 Å². The lowest BCUT2D eigenvalue weighted by atomic mass is 9.87. The Hall–Kier alpha value is -2.01. The summed E-state index contributed by atoms with van der Waals surface area (Å²) in [7, 11) is 0. The molecule has 0 unspecified atom stereocenters. The van der Waals surface area contributed by atoms with Crippen LogP contribution in [0.25, 0.3) is 22.2 Å². The number of aromatic nitrogens is 2. The first kappa shape index (κ1) is 16.5. The molecule has 0 amide bonds. The number of hydrogen-bond acceptors (Lipinski definition) is 4. The monoisotopic (exact) mass is 355 g/mol. The first-order valence-electron chi connectivity index (χ1n) is 9.19. The minimum Gasteiger partial charge on any atom is -0.494 e. The highest BCUT2D eigenvalue weighted by molar-refractivity contribution is 7.14. The third-order valence-electron chi connectivity index (χ3n) is 5.01. The molecule has 2 atom stereocenters. The fourth-order valence-electron chi connectivity index (χ4n) is 3.77. The molecule has 0 saturated heterocycles. The number of ether oxygens (including phenoxy) is 1. The van der Waals surface area contributed by atoms with Gasteiger partial charge in [-0.3, -0.25) is 0 Å². The predicted octanol–water partition coefficient (Wildman–Crippen LogP) is 5.68. The van der Waals surface area contributed by atoms with Crippen molar-refractivity contribution in [1.29, 1.82) is 0 Å². The van der Waals surface area contributed by atoms with Crippen molar-refractivity contribution < 1.29 is 4.74 Å². The summed E-state index contributed by atoms with van der Waals surface area (Å²) in [6.07, 6.45) is 7.23. The van der Waals surface area contributed by atoms with Crippen LogP contribution in [0.15, 0.2) is 29.8 Å². The fourth-order valence-corrected chi connectivity index (χ4v) is 4.56. The van der Waals surface area contributed by atoms with E-state index in [2.05, 4.69) is 34.7 Å². The van der Waals surface area contributed by atoms with Crippen molar-refractivity contribution in [2.45, 2.75) is 45.6 Å². The van der Waals surface area contributed by atoms with Gasteiger partial charge in [0.1, 0.15) is 5.75 Å². The minimum absolute atomic E-state index is 0.565. The van der Waals surface area contributed by atoms with Crippen LogP contribution in [0.2, 0.25) is 0 Å². The molecule has 25 heavy (non-hydrogen) atoms. The van der Waals surface area contributed by atoms with E-state index >= 15 is 0 Å². The van der Waals surface area contributed by atoms with E-state index in [1.165, 1.54) is 25.7 Å². The molecule has 5 heteroatoms. The first-order valence-corrected chi connectivity index (χ1v) is 10.1. The van der Waals surface area contributed by atoms with Gasteiger partial charge in [0, 0.05) is 34.1 Å². The topological polar surface area (TPSA) is 49.9 Å². The van der Waals surface area contributed by atoms with Crippen LogP contribution >= 0.6 is 11.3 Å². The lowest BCUT2D eigenvalue weighted by Gasteiger charge is -2.27. The zero-order chi connectivity index (χ0) is 17.2. The van der Waals surface area contributed by atoms with Gasteiger partial charge < -0.3 is 15.0 Å². The van der Waals surface area contributed by atoms with E-state index in [-0.39, 0.29) is 0 Å². The second-order valence-electron chi connectivity index (χ2n) is 6.99. The van der Waals surface area contributed by atoms with Crippen molar-refractivity contribution in [3.63, 3.8) is 0 Å². The number of benzene rings is 1. The minimum atomic E-state index is 0.565. The highest BCUT2D eigenvalue weighted by Crippen LogP contribution is 2.34. The maximum absolute atomic E-state index is 5.65. The van der Waals surface area contributed by atoms with E-state index in [0.29, 0.717) is 12.6 Å². The lowest BCUT2D eigenvalue weighted by Crippen LogP contribution is -2.26. The molecule has 3 aromatic rings. The largest absolute Gasteiger partial charge is 0.494 e. The van der Waals surface area contributed by atoms with Crippen LogP contribution in [-0.4, -0.2) is 22.6 Å². The number of fused-ring (bicyclic) bond motifs is 1. The van der Waals surface area contributed by atoms with Gasteiger partial charge in [0.05, 0.1) is 12.3 Å². The maximum atomic E-state index is 5.65. The molecule has 4 rings (SSSR count). The molecule has 4 nitrogen and oxygen atoms in total. The van der Waals surface area contributed by atoms with Gasteiger partial charge in [0.25, 0.3) is 0 Å². The molecule has 1 saturated carbocycles. The lowest BCUT2D eigenvalue weighted by molar-refractivity contribution is 0.341. The van der Waals surface area contributed by atoms with Gasteiger partial charge in [-0.25, -0.2) is 4.98 Å². The molecule has 2 N–H and O–H groups in total. The van der Waals surface area contributed by atoms with E-state index < -0.39 is 0 Å². The average Bonchev–Trinajstić information content (AvgIpc) is 3.21. The summed E-state index contributed by atoms with van der Waals surface area (Å²) in [6.45, 7) is 5.03. The summed E-state index contributed by atoms with van der Waals surface area (Å²) in [4.78, 5) is 8.19. The Kier molecular flexibility index (Phi) is 4.66. The SMILES string of the molecule is CCOc1ccc2[nH]cc(-c3csc(N[C@H]4CCC[C@@H](C)C4)n3)c2c1. The van der Waals surface area contributed by atoms with Crippen molar-refractivity contribution >= 4 is 27.4 Å². The normalized spacial score (nSPS) is 20.7. The average molecular weight is 356 g/mol. The molecule has 0 bridgehead atoms. The van der Waals surface area contributed by atoms with Crippen LogP contribution in [-0.2, 0) is 0 Å². The summed E-state index contributed by atoms with van der Waals surface area (Å²) in [6, 6.07) is 6.73. The van der Waals surface area contributed by atoms with Gasteiger partial charge in [-0.15, -0.1) is 11.3 Å². The number of nitrogens with one attached hydrogen (secondary N) is 2. The quantitative estimate of drug-likeness (QED) is 0.619. The molecule has 2 aromatic heterocycles. The summed E-state index contributed by atoms with van der Waals surface area (Å²) >= 11 is 1.70. The summed E-state index contributed by atoms with van der Waals surface area (Å²) in [5.41, 5.74) is 3.27. The number of rotatable bonds is 5. The third-order valence-corrected chi connectivity index (χ3v) is 5.78. The smallest absolute Gasteiger partial charge is 0.183 e. The molecule has 1 aromatic carbocycles. The van der Waals surface area contributed by atoms with Crippen molar-refractivity contribution in [2.24, 2.45) is 5.92 Å². The van der Waals surface area contributed by atoms with Crippen LogP contribution in [0.4, 0.5) is 5.13 Å². The van der Waals surface area contributed by atoms with E-state index in [4.69, 9.17) is 9.72 Å². The summed E-state index contributed by atoms with van der Waals surface area (Å²) in [5.74, 6) is 1.72. The number of nitrogens with zero attached hydrogens (tertiary/aromatic N) is 1. The van der Waals surface area contributed by atoms with Crippen LogP contribution < -0.4 is 10.1 Å². The highest BCUT2D eigenvalue weighted by atomic mass is 32.1. The third kappa shape index (κ3) is 3.52. The van der Waals surface area contributed by atoms with E-state index in [0.717, 1.165) is 39.0 Å². The Bertz CT molecular complexity index is 854. The molecule has 1 aliphatic carbocycles. The van der Waals surface area contributed by atoms with Gasteiger partial charge in [-0.05, 0) is 43.9 Å². The Balaban J connectivity index is 1.57. The zero-order valence-corrected chi connectivity index (χ0v) is 15.7. The fraction of sp³-hybridized carbons (Fsp3) is 0.450. The van der Waals surface area contributed by atoms with Crippen molar-refractivity contribution in [2.75, 3.05) is 11.9 Å². The summed E-state index contributed by atoms with van der Waals surface area (Å²) < 4.78 is 5.65. The molecule has 0 radical (unpaired) electrons. The molecule has 1 fully saturated rings. The van der Waals surface area contributed by atoms with Crippen LogP contribution in [0.5, 0.6) is 5.75 Å². The molecule has 2 heterocycles. The van der Waals surface area contributed by atoms with Crippen LogP contribution in [0.3, 0.4) is 0 Å². The maximum Gasteiger partial charge on any atom is 0.183 e. The Morgan fingerprint density at radius 1 is 1.36 bits per heavy atom. The summed E-state index contributed by atoms with van der Waals surface area (Å²) in [5, 5.41) is 7.98.